The molecule has 2 rings (SSSR count). The smallest absolute Gasteiger partial charge is 0.226 e. The van der Waals surface area contributed by atoms with Crippen molar-refractivity contribution in [3.63, 3.8) is 0 Å². The summed E-state index contributed by atoms with van der Waals surface area (Å²) >= 11 is 1.64. The second-order valence-corrected chi connectivity index (χ2v) is 5.81. The first-order valence-electron chi connectivity index (χ1n) is 5.93. The molecule has 0 saturated heterocycles. The SMILES string of the molecule is CC(C)CCC(=O)Nc1nc2c(s1)CCC2. The van der Waals surface area contributed by atoms with E-state index in [0.29, 0.717) is 12.3 Å². The Morgan fingerprint density at radius 1 is 1.50 bits per heavy atom. The van der Waals surface area contributed by atoms with E-state index in [4.69, 9.17) is 0 Å². The van der Waals surface area contributed by atoms with Crippen molar-refractivity contribution in [2.24, 2.45) is 5.92 Å². The summed E-state index contributed by atoms with van der Waals surface area (Å²) in [5, 5.41) is 3.69. The number of amides is 1. The van der Waals surface area contributed by atoms with Gasteiger partial charge in [0.05, 0.1) is 5.69 Å². The molecule has 1 aromatic rings. The number of anilines is 1. The van der Waals surface area contributed by atoms with Crippen LogP contribution in [0.5, 0.6) is 0 Å². The Morgan fingerprint density at radius 2 is 2.31 bits per heavy atom. The van der Waals surface area contributed by atoms with Crippen LogP contribution in [0.1, 0.15) is 43.7 Å². The summed E-state index contributed by atoms with van der Waals surface area (Å²) in [6, 6.07) is 0. The second kappa shape index (κ2) is 4.95. The maximum atomic E-state index is 11.6. The van der Waals surface area contributed by atoms with E-state index >= 15 is 0 Å². The van der Waals surface area contributed by atoms with Crippen LogP contribution >= 0.6 is 11.3 Å². The first-order chi connectivity index (χ1) is 7.65. The minimum Gasteiger partial charge on any atom is -0.302 e. The number of fused-ring (bicyclic) bond motifs is 1. The molecule has 0 aromatic carbocycles. The van der Waals surface area contributed by atoms with Crippen LogP contribution in [0, 0.1) is 5.92 Å². The molecule has 1 aliphatic carbocycles. The number of aryl methyl sites for hydroxylation is 2. The zero-order valence-electron chi connectivity index (χ0n) is 9.88. The second-order valence-electron chi connectivity index (χ2n) is 4.72. The maximum Gasteiger partial charge on any atom is 0.226 e. The van der Waals surface area contributed by atoms with Gasteiger partial charge in [-0.25, -0.2) is 4.98 Å². The molecule has 1 N–H and O–H groups in total. The van der Waals surface area contributed by atoms with Crippen molar-refractivity contribution in [2.45, 2.75) is 46.0 Å². The molecule has 1 aliphatic rings. The van der Waals surface area contributed by atoms with Crippen molar-refractivity contribution in [3.8, 4) is 0 Å². The fraction of sp³-hybridized carbons (Fsp3) is 0.667. The van der Waals surface area contributed by atoms with Crippen molar-refractivity contribution in [2.75, 3.05) is 5.32 Å². The van der Waals surface area contributed by atoms with E-state index in [1.807, 2.05) is 0 Å². The van der Waals surface area contributed by atoms with Gasteiger partial charge in [-0.1, -0.05) is 13.8 Å². The average Bonchev–Trinajstić information content (AvgIpc) is 2.74. The van der Waals surface area contributed by atoms with Gasteiger partial charge in [0.15, 0.2) is 5.13 Å². The third-order valence-corrected chi connectivity index (χ3v) is 3.86. The highest BCUT2D eigenvalue weighted by atomic mass is 32.1. The highest BCUT2D eigenvalue weighted by molar-refractivity contribution is 7.15. The lowest BCUT2D eigenvalue weighted by molar-refractivity contribution is -0.116. The van der Waals surface area contributed by atoms with E-state index < -0.39 is 0 Å². The highest BCUT2D eigenvalue weighted by Gasteiger charge is 2.17. The molecule has 0 saturated carbocycles. The predicted octanol–water partition coefficient (Wildman–Crippen LogP) is 3.01. The fourth-order valence-corrected chi connectivity index (χ4v) is 2.91. The molecule has 4 heteroatoms. The number of rotatable bonds is 4. The van der Waals surface area contributed by atoms with Gasteiger partial charge < -0.3 is 5.32 Å². The third-order valence-electron chi connectivity index (χ3n) is 2.79. The summed E-state index contributed by atoms with van der Waals surface area (Å²) in [5.41, 5.74) is 1.20. The fourth-order valence-electron chi connectivity index (χ4n) is 1.85. The molecule has 1 amide bonds. The summed E-state index contributed by atoms with van der Waals surface area (Å²) in [5.74, 6) is 0.674. The number of nitrogens with zero attached hydrogens (tertiary/aromatic N) is 1. The number of carbonyl (C=O) groups excluding carboxylic acids is 1. The van der Waals surface area contributed by atoms with Gasteiger partial charge in [0.2, 0.25) is 5.91 Å². The Labute approximate surface area is 100 Å². The van der Waals surface area contributed by atoms with E-state index in [2.05, 4.69) is 24.1 Å². The minimum atomic E-state index is 0.0983. The van der Waals surface area contributed by atoms with Gasteiger partial charge in [0.1, 0.15) is 0 Å². The summed E-state index contributed by atoms with van der Waals surface area (Å²) in [4.78, 5) is 17.4. The molecule has 0 spiro atoms. The van der Waals surface area contributed by atoms with Crippen LogP contribution in [-0.2, 0) is 17.6 Å². The Bertz CT molecular complexity index is 363. The molecule has 0 atom stereocenters. The molecule has 1 heterocycles. The topological polar surface area (TPSA) is 42.0 Å². The summed E-state index contributed by atoms with van der Waals surface area (Å²) < 4.78 is 0. The van der Waals surface area contributed by atoms with Crippen LogP contribution in [0.2, 0.25) is 0 Å². The molecule has 0 unspecified atom stereocenters. The van der Waals surface area contributed by atoms with Gasteiger partial charge in [-0.05, 0) is 31.6 Å². The lowest BCUT2D eigenvalue weighted by Gasteiger charge is -2.03. The number of hydrogen-bond donors (Lipinski definition) is 1. The lowest BCUT2D eigenvalue weighted by Crippen LogP contribution is -2.12. The molecular formula is C12H18N2OS. The van der Waals surface area contributed by atoms with Crippen molar-refractivity contribution in [1.82, 2.24) is 4.98 Å². The molecule has 0 radical (unpaired) electrons. The zero-order valence-corrected chi connectivity index (χ0v) is 10.7. The largest absolute Gasteiger partial charge is 0.302 e. The Hall–Kier alpha value is -0.900. The Morgan fingerprint density at radius 3 is 3.00 bits per heavy atom. The van der Waals surface area contributed by atoms with Crippen LogP contribution in [0.3, 0.4) is 0 Å². The molecule has 1 aromatic heterocycles. The van der Waals surface area contributed by atoms with E-state index in [9.17, 15) is 4.79 Å². The molecule has 3 nitrogen and oxygen atoms in total. The predicted molar refractivity (Wildman–Crippen MR) is 66.8 cm³/mol. The quantitative estimate of drug-likeness (QED) is 0.876. The Kier molecular flexibility index (Phi) is 3.59. The van der Waals surface area contributed by atoms with Crippen LogP contribution in [0.15, 0.2) is 0 Å². The standard InChI is InChI=1S/C12H18N2OS/c1-8(2)6-7-11(15)14-12-13-9-4-3-5-10(9)16-12/h8H,3-7H2,1-2H3,(H,13,14,15). The molecule has 0 aliphatic heterocycles. The van der Waals surface area contributed by atoms with E-state index in [0.717, 1.165) is 24.4 Å². The number of hydrogen-bond acceptors (Lipinski definition) is 3. The van der Waals surface area contributed by atoms with Crippen molar-refractivity contribution < 1.29 is 4.79 Å². The summed E-state index contributed by atoms with van der Waals surface area (Å²) in [7, 11) is 0. The molecule has 0 bridgehead atoms. The number of carbonyl (C=O) groups is 1. The molecule has 16 heavy (non-hydrogen) atoms. The van der Waals surface area contributed by atoms with Crippen LogP contribution in [0.25, 0.3) is 0 Å². The van der Waals surface area contributed by atoms with Gasteiger partial charge in [-0.2, -0.15) is 0 Å². The summed E-state index contributed by atoms with van der Waals surface area (Å²) in [6.07, 6.45) is 4.97. The van der Waals surface area contributed by atoms with Gasteiger partial charge in [-0.3, -0.25) is 4.79 Å². The van der Waals surface area contributed by atoms with E-state index in [-0.39, 0.29) is 5.91 Å². The monoisotopic (exact) mass is 238 g/mol. The first-order valence-corrected chi connectivity index (χ1v) is 6.75. The molecule has 0 fully saturated rings. The van der Waals surface area contributed by atoms with Crippen molar-refractivity contribution in [1.29, 1.82) is 0 Å². The van der Waals surface area contributed by atoms with Gasteiger partial charge in [0.25, 0.3) is 0 Å². The van der Waals surface area contributed by atoms with Crippen LogP contribution in [0.4, 0.5) is 5.13 Å². The third kappa shape index (κ3) is 2.82. The van der Waals surface area contributed by atoms with Gasteiger partial charge >= 0.3 is 0 Å². The molecule has 88 valence electrons. The zero-order chi connectivity index (χ0) is 11.5. The van der Waals surface area contributed by atoms with Crippen molar-refractivity contribution in [3.05, 3.63) is 10.6 Å². The average molecular weight is 238 g/mol. The van der Waals surface area contributed by atoms with Crippen LogP contribution in [-0.4, -0.2) is 10.9 Å². The Balaban J connectivity index is 1.86. The molecular weight excluding hydrogens is 220 g/mol. The highest BCUT2D eigenvalue weighted by Crippen LogP contribution is 2.30. The maximum absolute atomic E-state index is 11.6. The number of nitrogens with one attached hydrogen (secondary N) is 1. The van der Waals surface area contributed by atoms with Gasteiger partial charge in [0, 0.05) is 11.3 Å². The normalized spacial score (nSPS) is 14.2. The van der Waals surface area contributed by atoms with Crippen LogP contribution < -0.4 is 5.32 Å². The lowest BCUT2D eigenvalue weighted by atomic mass is 10.1. The first kappa shape index (κ1) is 11.6. The van der Waals surface area contributed by atoms with E-state index in [1.54, 1.807) is 11.3 Å². The summed E-state index contributed by atoms with van der Waals surface area (Å²) in [6.45, 7) is 4.26. The van der Waals surface area contributed by atoms with E-state index in [1.165, 1.54) is 17.0 Å². The minimum absolute atomic E-state index is 0.0983. The van der Waals surface area contributed by atoms with Gasteiger partial charge in [-0.15, -0.1) is 11.3 Å². The van der Waals surface area contributed by atoms with Crippen molar-refractivity contribution >= 4 is 22.4 Å². The number of thiazole rings is 1. The number of aromatic nitrogens is 1.